The second-order valence-electron chi connectivity index (χ2n) is 5.55. The molecule has 16 heavy (non-hydrogen) atoms. The molecule has 0 radical (unpaired) electrons. The summed E-state index contributed by atoms with van der Waals surface area (Å²) >= 11 is 0. The number of allylic oxidation sites excluding steroid dienone is 4. The number of carbonyl (C=O) groups is 2. The Kier molecular flexibility index (Phi) is 1.84. The van der Waals surface area contributed by atoms with E-state index in [0.29, 0.717) is 5.57 Å². The van der Waals surface area contributed by atoms with Crippen LogP contribution in [0.1, 0.15) is 26.7 Å². The minimum Gasteiger partial charge on any atom is -0.294 e. The normalized spacial score (nSPS) is 45.6. The second kappa shape index (κ2) is 2.93. The average molecular weight is 216 g/mol. The van der Waals surface area contributed by atoms with Crippen molar-refractivity contribution in [3.05, 3.63) is 23.8 Å². The van der Waals surface area contributed by atoms with Crippen LogP contribution >= 0.6 is 0 Å². The van der Waals surface area contributed by atoms with Gasteiger partial charge in [-0.1, -0.05) is 19.1 Å². The minimum atomic E-state index is -0.450. The van der Waals surface area contributed by atoms with E-state index in [4.69, 9.17) is 0 Å². The monoisotopic (exact) mass is 216 g/mol. The summed E-state index contributed by atoms with van der Waals surface area (Å²) in [4.78, 5) is 24.5. The first-order chi connectivity index (χ1) is 7.55. The molecule has 1 fully saturated rings. The molecule has 2 heteroatoms. The Morgan fingerprint density at radius 2 is 2.00 bits per heavy atom. The van der Waals surface area contributed by atoms with Gasteiger partial charge in [-0.05, 0) is 43.3 Å². The number of carbonyl (C=O) groups excluding carboxylic acids is 2. The highest BCUT2D eigenvalue weighted by Crippen LogP contribution is 2.55. The molecular formula is C14H16O2. The van der Waals surface area contributed by atoms with Crippen LogP contribution in [0.2, 0.25) is 0 Å². The first-order valence-corrected chi connectivity index (χ1v) is 6.00. The number of Topliss-reactive ketones (excluding diaryl/α,β-unsaturated/α-hetero) is 1. The van der Waals surface area contributed by atoms with E-state index >= 15 is 0 Å². The third-order valence-corrected chi connectivity index (χ3v) is 4.80. The van der Waals surface area contributed by atoms with Gasteiger partial charge in [0, 0.05) is 11.3 Å². The van der Waals surface area contributed by atoms with Crippen LogP contribution < -0.4 is 0 Å². The van der Waals surface area contributed by atoms with Crippen molar-refractivity contribution in [3.8, 4) is 0 Å². The van der Waals surface area contributed by atoms with Crippen molar-refractivity contribution in [2.24, 2.45) is 23.2 Å². The average Bonchev–Trinajstić information content (AvgIpc) is 2.28. The highest BCUT2D eigenvalue weighted by molar-refractivity contribution is 6.12. The van der Waals surface area contributed by atoms with Crippen LogP contribution in [0.25, 0.3) is 0 Å². The molecule has 0 aromatic heterocycles. The third-order valence-electron chi connectivity index (χ3n) is 4.80. The summed E-state index contributed by atoms with van der Waals surface area (Å²) in [6.45, 7) is 3.76. The molecule has 0 unspecified atom stereocenters. The van der Waals surface area contributed by atoms with Crippen LogP contribution in [0, 0.1) is 23.2 Å². The summed E-state index contributed by atoms with van der Waals surface area (Å²) in [5.41, 5.74) is 0.197. The van der Waals surface area contributed by atoms with Crippen molar-refractivity contribution in [1.29, 1.82) is 0 Å². The van der Waals surface area contributed by atoms with E-state index in [0.717, 1.165) is 12.8 Å². The number of ketones is 2. The van der Waals surface area contributed by atoms with Crippen LogP contribution in [0.3, 0.4) is 0 Å². The zero-order valence-corrected chi connectivity index (χ0v) is 9.69. The maximum Gasteiger partial charge on any atom is 0.163 e. The van der Waals surface area contributed by atoms with E-state index in [9.17, 15) is 9.59 Å². The molecule has 4 aliphatic carbocycles. The SMILES string of the molecule is CC1=CC(=O)[C@]2(C)[C@H](C1=O)[C@@H]1C=C[C@H]2CC1. The van der Waals surface area contributed by atoms with Gasteiger partial charge in [0.05, 0.1) is 0 Å². The van der Waals surface area contributed by atoms with Gasteiger partial charge in [-0.2, -0.15) is 0 Å². The Labute approximate surface area is 95.4 Å². The fourth-order valence-corrected chi connectivity index (χ4v) is 3.77. The lowest BCUT2D eigenvalue weighted by Gasteiger charge is -2.52. The molecule has 0 N–H and O–H groups in total. The van der Waals surface area contributed by atoms with Gasteiger partial charge < -0.3 is 0 Å². The molecule has 0 aliphatic heterocycles. The van der Waals surface area contributed by atoms with Gasteiger partial charge in [0.15, 0.2) is 11.6 Å². The molecule has 84 valence electrons. The zero-order chi connectivity index (χ0) is 11.5. The Hall–Kier alpha value is -1.18. The van der Waals surface area contributed by atoms with Crippen LogP contribution in [0.15, 0.2) is 23.8 Å². The number of rotatable bonds is 0. The van der Waals surface area contributed by atoms with Crippen molar-refractivity contribution in [2.45, 2.75) is 26.7 Å². The van der Waals surface area contributed by atoms with Gasteiger partial charge in [-0.3, -0.25) is 9.59 Å². The molecule has 0 saturated heterocycles. The van der Waals surface area contributed by atoms with E-state index in [1.165, 1.54) is 0 Å². The summed E-state index contributed by atoms with van der Waals surface area (Å²) in [7, 11) is 0. The van der Waals surface area contributed by atoms with Crippen molar-refractivity contribution >= 4 is 11.6 Å². The molecule has 4 atom stereocenters. The Morgan fingerprint density at radius 3 is 2.62 bits per heavy atom. The van der Waals surface area contributed by atoms with Crippen LogP contribution in [0.4, 0.5) is 0 Å². The lowest BCUT2D eigenvalue weighted by atomic mass is 9.49. The zero-order valence-electron chi connectivity index (χ0n) is 9.69. The first-order valence-electron chi connectivity index (χ1n) is 6.00. The Bertz CT molecular complexity index is 444. The molecule has 0 spiro atoms. The molecule has 0 amide bonds. The van der Waals surface area contributed by atoms with Gasteiger partial charge in [0.2, 0.25) is 0 Å². The van der Waals surface area contributed by atoms with Crippen molar-refractivity contribution in [3.63, 3.8) is 0 Å². The Balaban J connectivity index is 2.19. The molecule has 4 rings (SSSR count). The summed E-state index contributed by atoms with van der Waals surface area (Å²) in [6, 6.07) is 0. The van der Waals surface area contributed by atoms with Gasteiger partial charge >= 0.3 is 0 Å². The largest absolute Gasteiger partial charge is 0.294 e. The van der Waals surface area contributed by atoms with Crippen molar-refractivity contribution < 1.29 is 9.59 Å². The smallest absolute Gasteiger partial charge is 0.163 e. The quantitative estimate of drug-likeness (QED) is 0.582. The van der Waals surface area contributed by atoms with E-state index in [1.54, 1.807) is 13.0 Å². The highest BCUT2D eigenvalue weighted by Gasteiger charge is 2.57. The summed E-state index contributed by atoms with van der Waals surface area (Å²) in [6.07, 6.45) is 8.00. The maximum absolute atomic E-state index is 12.2. The van der Waals surface area contributed by atoms with E-state index in [-0.39, 0.29) is 29.3 Å². The number of fused-ring (bicyclic) bond motifs is 1. The Morgan fingerprint density at radius 1 is 1.25 bits per heavy atom. The molecule has 0 aromatic carbocycles. The molecule has 2 bridgehead atoms. The van der Waals surface area contributed by atoms with Crippen LogP contribution in [-0.2, 0) is 9.59 Å². The fraction of sp³-hybridized carbons (Fsp3) is 0.571. The van der Waals surface area contributed by atoms with Gasteiger partial charge in [-0.15, -0.1) is 0 Å². The maximum atomic E-state index is 12.2. The first kappa shape index (κ1) is 10.0. The second-order valence-corrected chi connectivity index (χ2v) is 5.55. The van der Waals surface area contributed by atoms with E-state index in [1.807, 2.05) is 6.92 Å². The molecule has 2 nitrogen and oxygen atoms in total. The van der Waals surface area contributed by atoms with Crippen LogP contribution in [-0.4, -0.2) is 11.6 Å². The standard InChI is InChI=1S/C14H16O2/c1-8-7-11(15)14(2)10-5-3-9(4-6-10)12(14)13(8)16/h3,5,7,9-10,12H,4,6H2,1-2H3/t9-,10+,12+,14-/m1/s1. The topological polar surface area (TPSA) is 34.1 Å². The van der Waals surface area contributed by atoms with Crippen molar-refractivity contribution in [2.75, 3.05) is 0 Å². The molecule has 1 saturated carbocycles. The highest BCUT2D eigenvalue weighted by atomic mass is 16.1. The third kappa shape index (κ3) is 0.977. The number of hydrogen-bond acceptors (Lipinski definition) is 2. The summed E-state index contributed by atoms with van der Waals surface area (Å²) < 4.78 is 0. The van der Waals surface area contributed by atoms with E-state index in [2.05, 4.69) is 12.2 Å². The minimum absolute atomic E-state index is 0.0891. The lowest BCUT2D eigenvalue weighted by molar-refractivity contribution is -0.144. The van der Waals surface area contributed by atoms with Gasteiger partial charge in [0.1, 0.15) is 0 Å². The predicted octanol–water partition coefficient (Wildman–Crippen LogP) is 2.30. The van der Waals surface area contributed by atoms with Crippen LogP contribution in [0.5, 0.6) is 0 Å². The molecular weight excluding hydrogens is 200 g/mol. The lowest BCUT2D eigenvalue weighted by Crippen LogP contribution is -2.55. The van der Waals surface area contributed by atoms with Gasteiger partial charge in [0.25, 0.3) is 0 Å². The van der Waals surface area contributed by atoms with Crippen molar-refractivity contribution in [1.82, 2.24) is 0 Å². The molecule has 0 aromatic rings. The summed E-state index contributed by atoms with van der Waals surface area (Å²) in [5.74, 6) is 0.821. The molecule has 4 aliphatic rings. The fourth-order valence-electron chi connectivity index (χ4n) is 3.77. The number of hydrogen-bond donors (Lipinski definition) is 0. The van der Waals surface area contributed by atoms with Gasteiger partial charge in [-0.25, -0.2) is 0 Å². The summed E-state index contributed by atoms with van der Waals surface area (Å²) in [5, 5.41) is 0. The van der Waals surface area contributed by atoms with E-state index < -0.39 is 5.41 Å². The predicted molar refractivity (Wildman–Crippen MR) is 60.7 cm³/mol. The molecule has 0 heterocycles.